The Morgan fingerprint density at radius 1 is 1.05 bits per heavy atom. The average Bonchev–Trinajstić information content (AvgIpc) is 2.49. The largest absolute Gasteiger partial charge is 0.486 e. The summed E-state index contributed by atoms with van der Waals surface area (Å²) >= 11 is 5.79. The lowest BCUT2D eigenvalue weighted by Gasteiger charge is -2.21. The lowest BCUT2D eigenvalue weighted by molar-refractivity contribution is 0.171. The third-order valence-corrected chi connectivity index (χ3v) is 3.52. The fourth-order valence-corrected chi connectivity index (χ4v) is 2.48. The molecule has 0 saturated carbocycles. The standard InChI is InChI=1S/C16H17ClN2O2/c1-19(11-13-3-5-16(17)18-9-13)10-12-2-4-14-15(8-12)21-7-6-20-14/h2-5,8-9H,6-7,10-11H2,1H3. The third kappa shape index (κ3) is 3.65. The Balaban J connectivity index is 1.64. The van der Waals surface area contributed by atoms with Gasteiger partial charge in [0.1, 0.15) is 18.4 Å². The Morgan fingerprint density at radius 2 is 1.76 bits per heavy atom. The molecule has 0 amide bonds. The van der Waals surface area contributed by atoms with E-state index in [1.807, 2.05) is 30.5 Å². The second-order valence-electron chi connectivity index (χ2n) is 5.14. The Kier molecular flexibility index (Phi) is 4.27. The van der Waals surface area contributed by atoms with Gasteiger partial charge in [-0.05, 0) is 36.4 Å². The predicted molar refractivity (Wildman–Crippen MR) is 81.9 cm³/mol. The van der Waals surface area contributed by atoms with Crippen LogP contribution in [0.15, 0.2) is 36.5 Å². The minimum Gasteiger partial charge on any atom is -0.486 e. The molecule has 0 aliphatic carbocycles. The van der Waals surface area contributed by atoms with Crippen LogP contribution in [0.5, 0.6) is 11.5 Å². The SMILES string of the molecule is CN(Cc1ccc(Cl)nc1)Cc1ccc2c(c1)OCCO2. The fraction of sp³-hybridized carbons (Fsp3) is 0.312. The van der Waals surface area contributed by atoms with Crippen LogP contribution < -0.4 is 9.47 Å². The average molecular weight is 305 g/mol. The molecule has 1 aliphatic heterocycles. The van der Waals surface area contributed by atoms with Gasteiger partial charge in [0.15, 0.2) is 11.5 Å². The van der Waals surface area contributed by atoms with Gasteiger partial charge in [0, 0.05) is 19.3 Å². The van der Waals surface area contributed by atoms with Crippen molar-refractivity contribution in [1.82, 2.24) is 9.88 Å². The highest BCUT2D eigenvalue weighted by atomic mass is 35.5. The van der Waals surface area contributed by atoms with Crippen molar-refractivity contribution >= 4 is 11.6 Å². The Morgan fingerprint density at radius 3 is 2.52 bits per heavy atom. The molecule has 2 heterocycles. The van der Waals surface area contributed by atoms with Crippen LogP contribution in [0.25, 0.3) is 0 Å². The fourth-order valence-electron chi connectivity index (χ4n) is 2.37. The summed E-state index contributed by atoms with van der Waals surface area (Å²) in [4.78, 5) is 6.32. The van der Waals surface area contributed by atoms with Gasteiger partial charge in [-0.2, -0.15) is 0 Å². The van der Waals surface area contributed by atoms with Crippen LogP contribution in [0.1, 0.15) is 11.1 Å². The van der Waals surface area contributed by atoms with Crippen molar-refractivity contribution in [1.29, 1.82) is 0 Å². The molecule has 0 spiro atoms. The highest BCUT2D eigenvalue weighted by Crippen LogP contribution is 2.31. The van der Waals surface area contributed by atoms with E-state index >= 15 is 0 Å². The highest BCUT2D eigenvalue weighted by molar-refractivity contribution is 6.29. The van der Waals surface area contributed by atoms with Gasteiger partial charge in [-0.25, -0.2) is 4.98 Å². The van der Waals surface area contributed by atoms with Crippen LogP contribution >= 0.6 is 11.6 Å². The molecule has 1 aromatic carbocycles. The molecule has 110 valence electrons. The molecule has 0 radical (unpaired) electrons. The molecule has 0 atom stereocenters. The van der Waals surface area contributed by atoms with Crippen LogP contribution in [-0.4, -0.2) is 30.1 Å². The molecule has 1 aromatic heterocycles. The predicted octanol–water partition coefficient (Wildman–Crippen LogP) is 3.14. The number of halogens is 1. The number of fused-ring (bicyclic) bond motifs is 1. The number of rotatable bonds is 4. The minimum absolute atomic E-state index is 0.522. The molecule has 0 N–H and O–H groups in total. The smallest absolute Gasteiger partial charge is 0.161 e. The molecule has 2 aromatic rings. The van der Waals surface area contributed by atoms with Crippen LogP contribution in [-0.2, 0) is 13.1 Å². The zero-order valence-electron chi connectivity index (χ0n) is 11.9. The summed E-state index contributed by atoms with van der Waals surface area (Å²) in [5.74, 6) is 1.66. The van der Waals surface area contributed by atoms with Gasteiger partial charge in [-0.1, -0.05) is 23.7 Å². The number of benzene rings is 1. The van der Waals surface area contributed by atoms with E-state index in [4.69, 9.17) is 21.1 Å². The summed E-state index contributed by atoms with van der Waals surface area (Å²) in [6.45, 7) is 2.89. The second kappa shape index (κ2) is 6.33. The lowest BCUT2D eigenvalue weighted by Crippen LogP contribution is -2.18. The minimum atomic E-state index is 0.522. The molecule has 4 nitrogen and oxygen atoms in total. The van der Waals surface area contributed by atoms with Crippen molar-refractivity contribution in [2.45, 2.75) is 13.1 Å². The number of pyridine rings is 1. The maximum absolute atomic E-state index is 5.79. The normalized spacial score (nSPS) is 13.5. The first-order valence-corrected chi connectivity index (χ1v) is 7.26. The molecule has 3 rings (SSSR count). The van der Waals surface area contributed by atoms with E-state index in [-0.39, 0.29) is 0 Å². The Hall–Kier alpha value is -1.78. The van der Waals surface area contributed by atoms with Gasteiger partial charge in [0.25, 0.3) is 0 Å². The van der Waals surface area contributed by atoms with E-state index in [0.29, 0.717) is 18.4 Å². The van der Waals surface area contributed by atoms with Crippen molar-refractivity contribution < 1.29 is 9.47 Å². The second-order valence-corrected chi connectivity index (χ2v) is 5.53. The zero-order valence-corrected chi connectivity index (χ0v) is 12.6. The van der Waals surface area contributed by atoms with Crippen molar-refractivity contribution in [3.05, 3.63) is 52.8 Å². The molecule has 0 unspecified atom stereocenters. The van der Waals surface area contributed by atoms with E-state index < -0.39 is 0 Å². The van der Waals surface area contributed by atoms with Crippen LogP contribution in [0, 0.1) is 0 Å². The van der Waals surface area contributed by atoms with E-state index in [9.17, 15) is 0 Å². The monoisotopic (exact) mass is 304 g/mol. The van der Waals surface area contributed by atoms with E-state index in [1.165, 1.54) is 5.56 Å². The topological polar surface area (TPSA) is 34.6 Å². The summed E-state index contributed by atoms with van der Waals surface area (Å²) in [7, 11) is 2.07. The molecular formula is C16H17ClN2O2. The summed E-state index contributed by atoms with van der Waals surface area (Å²) in [6, 6.07) is 9.90. The highest BCUT2D eigenvalue weighted by Gasteiger charge is 2.12. The van der Waals surface area contributed by atoms with Gasteiger partial charge >= 0.3 is 0 Å². The number of ether oxygens (including phenoxy) is 2. The zero-order chi connectivity index (χ0) is 14.7. The molecule has 0 bridgehead atoms. The maximum Gasteiger partial charge on any atom is 0.161 e. The van der Waals surface area contributed by atoms with Crippen LogP contribution in [0.2, 0.25) is 5.15 Å². The molecular weight excluding hydrogens is 288 g/mol. The Labute approximate surface area is 129 Å². The van der Waals surface area contributed by atoms with E-state index in [1.54, 1.807) is 0 Å². The van der Waals surface area contributed by atoms with Gasteiger partial charge in [0.2, 0.25) is 0 Å². The van der Waals surface area contributed by atoms with Gasteiger partial charge in [-0.3, -0.25) is 4.90 Å². The first kappa shape index (κ1) is 14.2. The molecule has 5 heteroatoms. The maximum atomic E-state index is 5.79. The molecule has 21 heavy (non-hydrogen) atoms. The van der Waals surface area contributed by atoms with E-state index in [0.717, 1.165) is 30.2 Å². The van der Waals surface area contributed by atoms with Gasteiger partial charge in [0.05, 0.1) is 0 Å². The van der Waals surface area contributed by atoms with Crippen molar-refractivity contribution in [3.8, 4) is 11.5 Å². The van der Waals surface area contributed by atoms with Crippen molar-refractivity contribution in [2.24, 2.45) is 0 Å². The van der Waals surface area contributed by atoms with Crippen LogP contribution in [0.4, 0.5) is 0 Å². The molecule has 1 aliphatic rings. The summed E-state index contributed by atoms with van der Waals surface area (Å²) < 4.78 is 11.1. The summed E-state index contributed by atoms with van der Waals surface area (Å²) in [5, 5.41) is 0.522. The number of hydrogen-bond acceptors (Lipinski definition) is 4. The summed E-state index contributed by atoms with van der Waals surface area (Å²) in [6.07, 6.45) is 1.81. The lowest BCUT2D eigenvalue weighted by atomic mass is 10.1. The van der Waals surface area contributed by atoms with Crippen molar-refractivity contribution in [2.75, 3.05) is 20.3 Å². The van der Waals surface area contributed by atoms with Crippen LogP contribution in [0.3, 0.4) is 0 Å². The molecule has 0 fully saturated rings. The number of hydrogen-bond donors (Lipinski definition) is 0. The molecule has 0 saturated heterocycles. The quantitative estimate of drug-likeness (QED) is 0.813. The van der Waals surface area contributed by atoms with E-state index in [2.05, 4.69) is 23.0 Å². The first-order chi connectivity index (χ1) is 10.2. The van der Waals surface area contributed by atoms with Crippen molar-refractivity contribution in [3.63, 3.8) is 0 Å². The third-order valence-electron chi connectivity index (χ3n) is 3.30. The first-order valence-electron chi connectivity index (χ1n) is 6.88. The van der Waals surface area contributed by atoms with Gasteiger partial charge in [-0.15, -0.1) is 0 Å². The number of nitrogens with zero attached hydrogens (tertiary/aromatic N) is 2. The van der Waals surface area contributed by atoms with Gasteiger partial charge < -0.3 is 9.47 Å². The number of aromatic nitrogens is 1. The summed E-state index contributed by atoms with van der Waals surface area (Å²) in [5.41, 5.74) is 2.34. The Bertz CT molecular complexity index is 616.